The highest BCUT2D eigenvalue weighted by Crippen LogP contribution is 2.10. The predicted molar refractivity (Wildman–Crippen MR) is 38.9 cm³/mol. The van der Waals surface area contributed by atoms with Crippen molar-refractivity contribution < 1.29 is 25.2 Å². The lowest BCUT2D eigenvalue weighted by molar-refractivity contribution is -0.157. The smallest absolute Gasteiger partial charge is 0.168 e. The summed E-state index contributed by atoms with van der Waals surface area (Å²) in [7, 11) is 0. The van der Waals surface area contributed by atoms with Gasteiger partial charge < -0.3 is 25.2 Å². The summed E-state index contributed by atoms with van der Waals surface area (Å²) in [6, 6.07) is 0. The second-order valence-electron chi connectivity index (χ2n) is 2.50. The molecule has 0 aliphatic rings. The summed E-state index contributed by atoms with van der Waals surface area (Å²) in [6.07, 6.45) is -3.30. The van der Waals surface area contributed by atoms with Crippen LogP contribution in [0.3, 0.4) is 0 Å². The maximum atomic E-state index is 9.90. The van der Waals surface area contributed by atoms with Gasteiger partial charge in [0.2, 0.25) is 0 Å². The minimum atomic E-state index is -2.35. The van der Waals surface area contributed by atoms with E-state index in [1.165, 1.54) is 0 Å². The fourth-order valence-electron chi connectivity index (χ4n) is 0.648. The van der Waals surface area contributed by atoms with Gasteiger partial charge in [0.1, 0.15) is 18.5 Å². The van der Waals surface area contributed by atoms with Gasteiger partial charge in [0.15, 0.2) is 5.72 Å². The minimum Gasteiger partial charge on any atom is -0.394 e. The molecule has 0 aromatic heterocycles. The van der Waals surface area contributed by atoms with E-state index in [0.29, 0.717) is 6.29 Å². The van der Waals surface area contributed by atoms with Gasteiger partial charge in [0.05, 0.1) is 6.61 Å². The van der Waals surface area contributed by atoms with Crippen molar-refractivity contribution in [2.75, 3.05) is 6.61 Å². The topological polar surface area (TPSA) is 124 Å². The Morgan fingerprint density at radius 3 is 2.25 bits per heavy atom. The van der Waals surface area contributed by atoms with Crippen molar-refractivity contribution in [1.29, 1.82) is 0 Å². The number of carbonyl (C=O) groups is 1. The van der Waals surface area contributed by atoms with Gasteiger partial charge in [-0.15, -0.1) is 0 Å². The van der Waals surface area contributed by atoms with E-state index in [2.05, 4.69) is 0 Å². The SMILES string of the molecule is N[C@@](O)([C@H](O)CO)[C@H](O)CC=O. The van der Waals surface area contributed by atoms with Crippen LogP contribution in [0.5, 0.6) is 0 Å². The van der Waals surface area contributed by atoms with Gasteiger partial charge in [0.25, 0.3) is 0 Å². The van der Waals surface area contributed by atoms with Crippen molar-refractivity contribution >= 4 is 6.29 Å². The predicted octanol–water partition coefficient (Wildman–Crippen LogP) is -3.06. The number of aliphatic hydroxyl groups excluding tert-OH is 3. The highest BCUT2D eigenvalue weighted by molar-refractivity contribution is 5.50. The van der Waals surface area contributed by atoms with Crippen LogP contribution >= 0.6 is 0 Å². The van der Waals surface area contributed by atoms with Crippen LogP contribution in [0.4, 0.5) is 0 Å². The molecule has 0 aliphatic heterocycles. The molecule has 6 nitrogen and oxygen atoms in total. The Kier molecular flexibility index (Phi) is 4.29. The van der Waals surface area contributed by atoms with E-state index in [1.807, 2.05) is 0 Å². The summed E-state index contributed by atoms with van der Waals surface area (Å²) in [5.41, 5.74) is 2.69. The van der Waals surface area contributed by atoms with Gasteiger partial charge in [-0.1, -0.05) is 0 Å². The third-order valence-electron chi connectivity index (χ3n) is 1.56. The van der Waals surface area contributed by atoms with E-state index in [9.17, 15) is 4.79 Å². The summed E-state index contributed by atoms with van der Waals surface area (Å²) in [5, 5.41) is 35.4. The summed E-state index contributed by atoms with van der Waals surface area (Å²) >= 11 is 0. The van der Waals surface area contributed by atoms with Crippen LogP contribution in [-0.4, -0.2) is 51.3 Å². The first-order valence-corrected chi connectivity index (χ1v) is 3.38. The largest absolute Gasteiger partial charge is 0.394 e. The molecular formula is C6H13NO5. The summed E-state index contributed by atoms with van der Waals surface area (Å²) < 4.78 is 0. The Morgan fingerprint density at radius 1 is 1.42 bits per heavy atom. The monoisotopic (exact) mass is 179 g/mol. The Labute approximate surface area is 69.2 Å². The molecular weight excluding hydrogens is 166 g/mol. The highest BCUT2D eigenvalue weighted by Gasteiger charge is 2.38. The standard InChI is InChI=1S/C6H13NO5/c7-6(12,5(11)3-9)4(10)1-2-8/h2,4-5,9-12H,1,3,7H2/t4-,5-,6+/m1/s1. The third kappa shape index (κ3) is 2.50. The number of rotatable bonds is 5. The maximum Gasteiger partial charge on any atom is 0.168 e. The lowest BCUT2D eigenvalue weighted by Gasteiger charge is -2.31. The first-order chi connectivity index (χ1) is 5.46. The number of aldehydes is 1. The maximum absolute atomic E-state index is 9.90. The quantitative estimate of drug-likeness (QED) is 0.225. The number of nitrogens with two attached hydrogens (primary N) is 1. The molecule has 3 atom stereocenters. The summed E-state index contributed by atoms with van der Waals surface area (Å²) in [5.74, 6) is 0. The molecule has 0 fully saturated rings. The van der Waals surface area contributed by atoms with Crippen LogP contribution in [0.2, 0.25) is 0 Å². The van der Waals surface area contributed by atoms with Crippen LogP contribution in [0, 0.1) is 0 Å². The van der Waals surface area contributed by atoms with Crippen molar-refractivity contribution in [3.05, 3.63) is 0 Å². The summed E-state index contributed by atoms with van der Waals surface area (Å²) in [6.45, 7) is -0.789. The molecule has 6 heteroatoms. The number of carbonyl (C=O) groups excluding carboxylic acids is 1. The van der Waals surface area contributed by atoms with Crippen LogP contribution in [-0.2, 0) is 4.79 Å². The Balaban J connectivity index is 4.25. The Hall–Kier alpha value is -0.530. The normalized spacial score (nSPS) is 21.1. The van der Waals surface area contributed by atoms with Crippen molar-refractivity contribution in [3.63, 3.8) is 0 Å². The zero-order valence-corrected chi connectivity index (χ0v) is 6.42. The van der Waals surface area contributed by atoms with Crippen molar-refractivity contribution in [2.24, 2.45) is 5.73 Å². The van der Waals surface area contributed by atoms with Gasteiger partial charge in [-0.2, -0.15) is 0 Å². The molecule has 0 saturated heterocycles. The molecule has 0 saturated carbocycles. The molecule has 0 aliphatic carbocycles. The van der Waals surface area contributed by atoms with E-state index >= 15 is 0 Å². The molecule has 0 radical (unpaired) electrons. The Morgan fingerprint density at radius 2 is 1.92 bits per heavy atom. The van der Waals surface area contributed by atoms with Gasteiger partial charge in [-0.3, -0.25) is 5.73 Å². The van der Waals surface area contributed by atoms with Crippen LogP contribution in [0.1, 0.15) is 6.42 Å². The molecule has 0 aromatic rings. The van der Waals surface area contributed by atoms with E-state index in [1.54, 1.807) is 0 Å². The van der Waals surface area contributed by atoms with Crippen molar-refractivity contribution in [1.82, 2.24) is 0 Å². The van der Waals surface area contributed by atoms with Crippen LogP contribution in [0.15, 0.2) is 0 Å². The van der Waals surface area contributed by atoms with Crippen LogP contribution in [0.25, 0.3) is 0 Å². The molecule has 0 unspecified atom stereocenters. The fraction of sp³-hybridized carbons (Fsp3) is 0.833. The second kappa shape index (κ2) is 4.48. The molecule has 0 bridgehead atoms. The molecule has 0 rings (SSSR count). The lowest BCUT2D eigenvalue weighted by atomic mass is 9.99. The van der Waals surface area contributed by atoms with Crippen molar-refractivity contribution in [3.8, 4) is 0 Å². The molecule has 12 heavy (non-hydrogen) atoms. The lowest BCUT2D eigenvalue weighted by Crippen LogP contribution is -2.60. The molecule has 72 valence electrons. The van der Waals surface area contributed by atoms with Gasteiger partial charge in [-0.25, -0.2) is 0 Å². The van der Waals surface area contributed by atoms with Crippen molar-refractivity contribution in [2.45, 2.75) is 24.4 Å². The first-order valence-electron chi connectivity index (χ1n) is 3.38. The van der Waals surface area contributed by atoms with Gasteiger partial charge in [-0.05, 0) is 0 Å². The molecule has 6 N–H and O–H groups in total. The average Bonchev–Trinajstić information content (AvgIpc) is 2.03. The van der Waals surface area contributed by atoms with Crippen LogP contribution < -0.4 is 5.73 Å². The average molecular weight is 179 g/mol. The van der Waals surface area contributed by atoms with E-state index in [4.69, 9.17) is 26.2 Å². The molecule has 0 heterocycles. The van der Waals surface area contributed by atoms with E-state index < -0.39 is 31.0 Å². The number of aliphatic hydroxyl groups is 4. The molecule has 0 spiro atoms. The molecule has 0 aromatic carbocycles. The summed E-state index contributed by atoms with van der Waals surface area (Å²) in [4.78, 5) is 9.90. The van der Waals surface area contributed by atoms with E-state index in [-0.39, 0.29) is 0 Å². The zero-order chi connectivity index (χ0) is 9.78. The Bertz CT molecular complexity index is 149. The third-order valence-corrected chi connectivity index (χ3v) is 1.56. The van der Waals surface area contributed by atoms with Gasteiger partial charge in [0, 0.05) is 6.42 Å². The van der Waals surface area contributed by atoms with E-state index in [0.717, 1.165) is 0 Å². The zero-order valence-electron chi connectivity index (χ0n) is 6.42. The number of hydrogen-bond acceptors (Lipinski definition) is 6. The fourth-order valence-corrected chi connectivity index (χ4v) is 0.648. The minimum absolute atomic E-state index is 0.354. The highest BCUT2D eigenvalue weighted by atomic mass is 16.4. The first kappa shape index (κ1) is 11.5. The molecule has 0 amide bonds. The number of hydrogen-bond donors (Lipinski definition) is 5. The van der Waals surface area contributed by atoms with Gasteiger partial charge >= 0.3 is 0 Å². The second-order valence-corrected chi connectivity index (χ2v) is 2.50.